The van der Waals surface area contributed by atoms with Gasteiger partial charge in [-0.05, 0) is 42.0 Å². The van der Waals surface area contributed by atoms with Crippen molar-refractivity contribution in [2.75, 3.05) is 19.5 Å². The molecule has 2 aromatic carbocycles. The van der Waals surface area contributed by atoms with Crippen molar-refractivity contribution in [3.8, 4) is 5.75 Å². The summed E-state index contributed by atoms with van der Waals surface area (Å²) in [6.45, 7) is 0.195. The zero-order valence-electron chi connectivity index (χ0n) is 13.2. The summed E-state index contributed by atoms with van der Waals surface area (Å²) in [5.74, 6) is 0.672. The van der Waals surface area contributed by atoms with E-state index in [9.17, 15) is 18.0 Å². The fourth-order valence-electron chi connectivity index (χ4n) is 2.04. The third kappa shape index (κ3) is 4.65. The molecule has 2 rings (SSSR count). The summed E-state index contributed by atoms with van der Waals surface area (Å²) in [7, 11) is 3.11. The van der Waals surface area contributed by atoms with Gasteiger partial charge in [0.25, 0.3) is 0 Å². The first-order valence-corrected chi connectivity index (χ1v) is 7.12. The predicted octanol–water partition coefficient (Wildman–Crippen LogP) is 4.38. The Hall–Kier alpha value is -2.70. The number of halogens is 3. The summed E-state index contributed by atoms with van der Waals surface area (Å²) in [4.78, 5) is 13.5. The second kappa shape index (κ2) is 7.25. The van der Waals surface area contributed by atoms with Crippen LogP contribution in [-0.2, 0) is 12.7 Å². The highest BCUT2D eigenvalue weighted by atomic mass is 19.4. The summed E-state index contributed by atoms with van der Waals surface area (Å²) >= 11 is 0. The van der Waals surface area contributed by atoms with Gasteiger partial charge in [-0.2, -0.15) is 13.2 Å². The van der Waals surface area contributed by atoms with Gasteiger partial charge in [-0.1, -0.05) is 12.1 Å². The molecule has 0 spiro atoms. The molecule has 0 heterocycles. The van der Waals surface area contributed by atoms with Crippen LogP contribution in [0.15, 0.2) is 48.5 Å². The number of carbonyl (C=O) groups excluding carboxylic acids is 1. The Balaban J connectivity index is 1.95. The minimum Gasteiger partial charge on any atom is -0.497 e. The molecule has 0 atom stereocenters. The monoisotopic (exact) mass is 338 g/mol. The Morgan fingerprint density at radius 2 is 1.67 bits per heavy atom. The molecule has 0 aliphatic rings. The molecule has 0 saturated carbocycles. The number of rotatable bonds is 4. The average molecular weight is 338 g/mol. The van der Waals surface area contributed by atoms with Gasteiger partial charge in [0.2, 0.25) is 0 Å². The number of hydrogen-bond acceptors (Lipinski definition) is 2. The molecule has 0 bridgehead atoms. The lowest BCUT2D eigenvalue weighted by molar-refractivity contribution is -0.137. The topological polar surface area (TPSA) is 41.6 Å². The van der Waals surface area contributed by atoms with E-state index >= 15 is 0 Å². The van der Waals surface area contributed by atoms with E-state index in [1.165, 1.54) is 17.0 Å². The maximum absolute atomic E-state index is 12.5. The molecule has 0 radical (unpaired) electrons. The molecule has 4 nitrogen and oxygen atoms in total. The normalized spacial score (nSPS) is 11.0. The van der Waals surface area contributed by atoms with Crippen molar-refractivity contribution in [3.63, 3.8) is 0 Å². The lowest BCUT2D eigenvalue weighted by atomic mass is 10.1. The fraction of sp³-hybridized carbons (Fsp3) is 0.235. The van der Waals surface area contributed by atoms with Crippen LogP contribution in [0.5, 0.6) is 5.75 Å². The van der Waals surface area contributed by atoms with Gasteiger partial charge in [0.05, 0.1) is 12.7 Å². The standard InChI is InChI=1S/C17H17F3N2O2/c1-22(11-12-3-5-13(6-4-12)17(18,19)20)16(23)21-14-7-9-15(24-2)10-8-14/h3-10H,11H2,1-2H3,(H,21,23). The number of nitrogens with zero attached hydrogens (tertiary/aromatic N) is 1. The van der Waals surface area contributed by atoms with Gasteiger partial charge in [0.1, 0.15) is 5.75 Å². The lowest BCUT2D eigenvalue weighted by Gasteiger charge is -2.18. The number of amides is 2. The quantitative estimate of drug-likeness (QED) is 0.899. The van der Waals surface area contributed by atoms with Gasteiger partial charge in [-0.3, -0.25) is 0 Å². The summed E-state index contributed by atoms with van der Waals surface area (Å²) in [5, 5.41) is 2.70. The van der Waals surface area contributed by atoms with Crippen LogP contribution in [0, 0.1) is 0 Å². The number of methoxy groups -OCH3 is 1. The van der Waals surface area contributed by atoms with E-state index in [4.69, 9.17) is 4.74 Å². The minimum atomic E-state index is -4.36. The summed E-state index contributed by atoms with van der Waals surface area (Å²) in [6, 6.07) is 11.2. The van der Waals surface area contributed by atoms with Gasteiger partial charge in [0.15, 0.2) is 0 Å². The molecule has 1 N–H and O–H groups in total. The van der Waals surface area contributed by atoms with E-state index < -0.39 is 11.7 Å². The van der Waals surface area contributed by atoms with Gasteiger partial charge in [0, 0.05) is 19.3 Å². The van der Waals surface area contributed by atoms with E-state index in [0.717, 1.165) is 12.1 Å². The highest BCUT2D eigenvalue weighted by Gasteiger charge is 2.29. The van der Waals surface area contributed by atoms with Crippen molar-refractivity contribution in [3.05, 3.63) is 59.7 Å². The van der Waals surface area contributed by atoms with Crippen molar-refractivity contribution in [2.24, 2.45) is 0 Å². The second-order valence-corrected chi connectivity index (χ2v) is 5.21. The molecule has 0 saturated heterocycles. The van der Waals surface area contributed by atoms with Crippen molar-refractivity contribution < 1.29 is 22.7 Å². The SMILES string of the molecule is COc1ccc(NC(=O)N(C)Cc2ccc(C(F)(F)F)cc2)cc1. The Kier molecular flexibility index (Phi) is 5.33. The van der Waals surface area contributed by atoms with Crippen LogP contribution >= 0.6 is 0 Å². The van der Waals surface area contributed by atoms with E-state index in [1.807, 2.05) is 0 Å². The average Bonchev–Trinajstić information content (AvgIpc) is 2.55. The van der Waals surface area contributed by atoms with Gasteiger partial charge in [-0.15, -0.1) is 0 Å². The van der Waals surface area contributed by atoms with Crippen LogP contribution < -0.4 is 10.1 Å². The largest absolute Gasteiger partial charge is 0.497 e. The molecular formula is C17H17F3N2O2. The van der Waals surface area contributed by atoms with Crippen LogP contribution in [-0.4, -0.2) is 25.1 Å². The predicted molar refractivity (Wildman–Crippen MR) is 84.9 cm³/mol. The van der Waals surface area contributed by atoms with Crippen molar-refractivity contribution in [1.82, 2.24) is 4.90 Å². The van der Waals surface area contributed by atoms with E-state index in [1.54, 1.807) is 38.4 Å². The van der Waals surface area contributed by atoms with Crippen LogP contribution in [0.1, 0.15) is 11.1 Å². The zero-order chi connectivity index (χ0) is 17.7. The number of carbonyl (C=O) groups is 1. The molecule has 24 heavy (non-hydrogen) atoms. The molecule has 0 fully saturated rings. The Morgan fingerprint density at radius 3 is 2.17 bits per heavy atom. The smallest absolute Gasteiger partial charge is 0.416 e. The fourth-order valence-corrected chi connectivity index (χ4v) is 2.04. The number of alkyl halides is 3. The van der Waals surface area contributed by atoms with Gasteiger partial charge in [-0.25, -0.2) is 4.79 Å². The number of anilines is 1. The van der Waals surface area contributed by atoms with Crippen LogP contribution in [0.4, 0.5) is 23.7 Å². The molecule has 2 amide bonds. The van der Waals surface area contributed by atoms with E-state index in [-0.39, 0.29) is 12.6 Å². The number of benzene rings is 2. The number of nitrogens with one attached hydrogen (secondary N) is 1. The summed E-state index contributed by atoms with van der Waals surface area (Å²) in [6.07, 6.45) is -4.36. The third-order valence-corrected chi connectivity index (χ3v) is 3.39. The van der Waals surface area contributed by atoms with Crippen LogP contribution in [0.3, 0.4) is 0 Å². The first-order valence-electron chi connectivity index (χ1n) is 7.12. The Bertz CT molecular complexity index is 682. The number of urea groups is 1. The minimum absolute atomic E-state index is 0.195. The van der Waals surface area contributed by atoms with Crippen molar-refractivity contribution in [2.45, 2.75) is 12.7 Å². The maximum Gasteiger partial charge on any atom is 0.416 e. The zero-order valence-corrected chi connectivity index (χ0v) is 13.2. The number of ether oxygens (including phenoxy) is 1. The van der Waals surface area contributed by atoms with Crippen LogP contribution in [0.25, 0.3) is 0 Å². The molecule has 7 heteroatoms. The highest BCUT2D eigenvalue weighted by Crippen LogP contribution is 2.29. The third-order valence-electron chi connectivity index (χ3n) is 3.39. The Labute approximate surface area is 137 Å². The van der Waals surface area contributed by atoms with E-state index in [2.05, 4.69) is 5.32 Å². The highest BCUT2D eigenvalue weighted by molar-refractivity contribution is 5.89. The lowest BCUT2D eigenvalue weighted by Crippen LogP contribution is -2.30. The number of hydrogen-bond donors (Lipinski definition) is 1. The molecule has 0 unspecified atom stereocenters. The van der Waals surface area contributed by atoms with E-state index in [0.29, 0.717) is 17.0 Å². The molecule has 2 aromatic rings. The second-order valence-electron chi connectivity index (χ2n) is 5.21. The molecule has 0 aliphatic carbocycles. The van der Waals surface area contributed by atoms with Crippen molar-refractivity contribution in [1.29, 1.82) is 0 Å². The summed E-state index contributed by atoms with van der Waals surface area (Å²) in [5.41, 5.74) is 0.493. The summed E-state index contributed by atoms with van der Waals surface area (Å²) < 4.78 is 42.6. The Morgan fingerprint density at radius 1 is 1.08 bits per heavy atom. The molecule has 0 aromatic heterocycles. The van der Waals surface area contributed by atoms with Crippen molar-refractivity contribution >= 4 is 11.7 Å². The van der Waals surface area contributed by atoms with Gasteiger partial charge < -0.3 is 15.0 Å². The van der Waals surface area contributed by atoms with Crippen LogP contribution in [0.2, 0.25) is 0 Å². The molecule has 128 valence electrons. The van der Waals surface area contributed by atoms with Gasteiger partial charge >= 0.3 is 12.2 Å². The maximum atomic E-state index is 12.5. The molecule has 0 aliphatic heterocycles. The first kappa shape index (κ1) is 17.7. The first-order chi connectivity index (χ1) is 11.3. The molecular weight excluding hydrogens is 321 g/mol.